The van der Waals surface area contributed by atoms with E-state index in [1.54, 1.807) is 0 Å². The van der Waals surface area contributed by atoms with Crippen LogP contribution in [0.2, 0.25) is 0 Å². The van der Waals surface area contributed by atoms with Gasteiger partial charge < -0.3 is 5.73 Å². The molecule has 130 valence electrons. The number of carbonyl (C=O) groups excluding carboxylic acids is 1. The monoisotopic (exact) mass is 309 g/mol. The van der Waals surface area contributed by atoms with Crippen molar-refractivity contribution < 1.29 is 4.79 Å². The summed E-state index contributed by atoms with van der Waals surface area (Å²) in [6.07, 6.45) is 18.9. The highest BCUT2D eigenvalue weighted by Gasteiger charge is 2.02. The number of allylic oxidation sites excluding steroid dienone is 1. The van der Waals surface area contributed by atoms with Crippen molar-refractivity contribution in [1.82, 2.24) is 0 Å². The summed E-state index contributed by atoms with van der Waals surface area (Å²) in [5.74, 6) is -0.271. The SMILES string of the molecule is CCCCCCCCCCCCCCCC(C)=C(C)C(N)=O. The third-order valence-electron chi connectivity index (χ3n) is 4.67. The summed E-state index contributed by atoms with van der Waals surface area (Å²) in [7, 11) is 0. The maximum absolute atomic E-state index is 11.0. The zero-order chi connectivity index (χ0) is 16.6. The number of carbonyl (C=O) groups is 1. The lowest BCUT2D eigenvalue weighted by Gasteiger charge is -2.05. The van der Waals surface area contributed by atoms with Crippen LogP contribution >= 0.6 is 0 Å². The number of hydrogen-bond donors (Lipinski definition) is 1. The average Bonchev–Trinajstić information content (AvgIpc) is 2.50. The van der Waals surface area contributed by atoms with E-state index in [2.05, 4.69) is 6.92 Å². The van der Waals surface area contributed by atoms with Crippen molar-refractivity contribution in [2.45, 2.75) is 111 Å². The molecule has 22 heavy (non-hydrogen) atoms. The zero-order valence-electron chi connectivity index (χ0n) is 15.4. The number of amides is 1. The van der Waals surface area contributed by atoms with Gasteiger partial charge in [-0.25, -0.2) is 0 Å². The van der Waals surface area contributed by atoms with Gasteiger partial charge in [-0.1, -0.05) is 89.5 Å². The van der Waals surface area contributed by atoms with E-state index >= 15 is 0 Å². The van der Waals surface area contributed by atoms with Gasteiger partial charge >= 0.3 is 0 Å². The van der Waals surface area contributed by atoms with Gasteiger partial charge in [0.1, 0.15) is 0 Å². The summed E-state index contributed by atoms with van der Waals surface area (Å²) in [6.45, 7) is 6.14. The van der Waals surface area contributed by atoms with Crippen molar-refractivity contribution in [2.75, 3.05) is 0 Å². The summed E-state index contributed by atoms with van der Waals surface area (Å²) < 4.78 is 0. The first-order valence-electron chi connectivity index (χ1n) is 9.55. The number of unbranched alkanes of at least 4 members (excludes halogenated alkanes) is 12. The summed E-state index contributed by atoms with van der Waals surface area (Å²) in [6, 6.07) is 0. The molecule has 0 heterocycles. The molecule has 1 amide bonds. The highest BCUT2D eigenvalue weighted by atomic mass is 16.1. The van der Waals surface area contributed by atoms with E-state index in [1.165, 1.54) is 83.5 Å². The summed E-state index contributed by atoms with van der Waals surface area (Å²) in [5.41, 5.74) is 7.20. The van der Waals surface area contributed by atoms with Crippen LogP contribution in [0, 0.1) is 0 Å². The lowest BCUT2D eigenvalue weighted by atomic mass is 10.0. The summed E-state index contributed by atoms with van der Waals surface area (Å²) >= 11 is 0. The molecule has 0 bridgehead atoms. The maximum Gasteiger partial charge on any atom is 0.244 e. The van der Waals surface area contributed by atoms with Crippen LogP contribution in [0.25, 0.3) is 0 Å². The Kier molecular flexibility index (Phi) is 14.6. The highest BCUT2D eigenvalue weighted by Crippen LogP contribution is 2.15. The Morgan fingerprint density at radius 1 is 0.682 bits per heavy atom. The number of primary amides is 1. The molecule has 2 heteroatoms. The Hall–Kier alpha value is -0.790. The van der Waals surface area contributed by atoms with E-state index in [9.17, 15) is 4.79 Å². The first-order chi connectivity index (χ1) is 10.6. The van der Waals surface area contributed by atoms with Crippen LogP contribution in [0.3, 0.4) is 0 Å². The van der Waals surface area contributed by atoms with E-state index < -0.39 is 0 Å². The Morgan fingerprint density at radius 2 is 1.05 bits per heavy atom. The number of rotatable bonds is 15. The Labute approximate surface area is 138 Å². The van der Waals surface area contributed by atoms with Crippen LogP contribution in [0.1, 0.15) is 111 Å². The fraction of sp³-hybridized carbons (Fsp3) is 0.850. The Bertz CT molecular complexity index is 307. The minimum Gasteiger partial charge on any atom is -0.366 e. The minimum atomic E-state index is -0.271. The van der Waals surface area contributed by atoms with Crippen LogP contribution in [-0.4, -0.2) is 5.91 Å². The van der Waals surface area contributed by atoms with Crippen LogP contribution in [0.4, 0.5) is 0 Å². The zero-order valence-corrected chi connectivity index (χ0v) is 15.4. The second-order valence-corrected chi connectivity index (χ2v) is 6.76. The van der Waals surface area contributed by atoms with Crippen molar-refractivity contribution in [3.8, 4) is 0 Å². The van der Waals surface area contributed by atoms with E-state index in [4.69, 9.17) is 5.73 Å². The quantitative estimate of drug-likeness (QED) is 0.280. The van der Waals surface area contributed by atoms with Crippen LogP contribution < -0.4 is 5.73 Å². The molecule has 0 spiro atoms. The van der Waals surface area contributed by atoms with Crippen LogP contribution in [0.5, 0.6) is 0 Å². The Morgan fingerprint density at radius 3 is 1.41 bits per heavy atom. The molecule has 0 saturated carbocycles. The second-order valence-electron chi connectivity index (χ2n) is 6.76. The second kappa shape index (κ2) is 15.1. The largest absolute Gasteiger partial charge is 0.366 e. The fourth-order valence-electron chi connectivity index (χ4n) is 2.81. The first kappa shape index (κ1) is 21.2. The molecule has 2 nitrogen and oxygen atoms in total. The minimum absolute atomic E-state index is 0.271. The number of nitrogens with two attached hydrogens (primary N) is 1. The van der Waals surface area contributed by atoms with E-state index in [0.29, 0.717) is 0 Å². The predicted molar refractivity (Wildman–Crippen MR) is 97.9 cm³/mol. The molecule has 0 radical (unpaired) electrons. The van der Waals surface area contributed by atoms with E-state index in [1.807, 2.05) is 13.8 Å². The van der Waals surface area contributed by atoms with E-state index in [-0.39, 0.29) is 5.91 Å². The molecular weight excluding hydrogens is 270 g/mol. The normalized spacial score (nSPS) is 12.3. The van der Waals surface area contributed by atoms with Gasteiger partial charge in [-0.3, -0.25) is 4.79 Å². The first-order valence-corrected chi connectivity index (χ1v) is 9.55. The molecule has 0 fully saturated rings. The third-order valence-corrected chi connectivity index (χ3v) is 4.67. The summed E-state index contributed by atoms with van der Waals surface area (Å²) in [5, 5.41) is 0. The smallest absolute Gasteiger partial charge is 0.244 e. The van der Waals surface area contributed by atoms with Gasteiger partial charge in [0, 0.05) is 5.57 Å². The average molecular weight is 310 g/mol. The predicted octanol–water partition coefficient (Wildman–Crippen LogP) is 6.29. The molecule has 0 aliphatic heterocycles. The maximum atomic E-state index is 11.0. The number of hydrogen-bond acceptors (Lipinski definition) is 1. The molecule has 0 aliphatic rings. The van der Waals surface area contributed by atoms with Crippen LogP contribution in [-0.2, 0) is 4.79 Å². The topological polar surface area (TPSA) is 43.1 Å². The van der Waals surface area contributed by atoms with Crippen LogP contribution in [0.15, 0.2) is 11.1 Å². The van der Waals surface area contributed by atoms with Gasteiger partial charge in [0.15, 0.2) is 0 Å². The Balaban J connectivity index is 3.27. The molecular formula is C20H39NO. The molecule has 0 aromatic carbocycles. The van der Waals surface area contributed by atoms with E-state index in [0.717, 1.165) is 17.6 Å². The standard InChI is InChI=1S/C20H39NO/c1-4-5-6-7-8-9-10-11-12-13-14-15-16-17-18(2)19(3)20(21)22/h4-17H2,1-3H3,(H2,21,22). The third kappa shape index (κ3) is 12.9. The molecule has 0 aromatic heterocycles. The van der Waals surface area contributed by atoms with Gasteiger partial charge in [0.05, 0.1) is 0 Å². The van der Waals surface area contributed by atoms with Gasteiger partial charge in [0.25, 0.3) is 0 Å². The molecule has 0 unspecified atom stereocenters. The van der Waals surface area contributed by atoms with Crippen molar-refractivity contribution in [3.05, 3.63) is 11.1 Å². The van der Waals surface area contributed by atoms with Gasteiger partial charge in [-0.15, -0.1) is 0 Å². The summed E-state index contributed by atoms with van der Waals surface area (Å²) in [4.78, 5) is 11.0. The van der Waals surface area contributed by atoms with Gasteiger partial charge in [-0.05, 0) is 26.7 Å². The molecule has 0 atom stereocenters. The van der Waals surface area contributed by atoms with Crippen molar-refractivity contribution >= 4 is 5.91 Å². The fourth-order valence-corrected chi connectivity index (χ4v) is 2.81. The van der Waals surface area contributed by atoms with Crippen molar-refractivity contribution in [1.29, 1.82) is 0 Å². The molecule has 2 N–H and O–H groups in total. The molecule has 0 saturated heterocycles. The van der Waals surface area contributed by atoms with Crippen molar-refractivity contribution in [3.63, 3.8) is 0 Å². The molecule has 0 aromatic rings. The molecule has 0 rings (SSSR count). The van der Waals surface area contributed by atoms with Gasteiger partial charge in [0.2, 0.25) is 5.91 Å². The van der Waals surface area contributed by atoms with Crippen molar-refractivity contribution in [2.24, 2.45) is 5.73 Å². The van der Waals surface area contributed by atoms with Gasteiger partial charge in [-0.2, -0.15) is 0 Å². The highest BCUT2D eigenvalue weighted by molar-refractivity contribution is 5.91. The molecule has 0 aliphatic carbocycles. The lowest BCUT2D eigenvalue weighted by Crippen LogP contribution is -2.13. The lowest BCUT2D eigenvalue weighted by molar-refractivity contribution is -0.114.